The second kappa shape index (κ2) is 10.5. The topological polar surface area (TPSA) is 77.4 Å². The fraction of sp³-hybridized carbons (Fsp3) is 0.385. The van der Waals surface area contributed by atoms with E-state index < -0.39 is 0 Å². The average Bonchev–Trinajstić information content (AvgIpc) is 3.30. The van der Waals surface area contributed by atoms with E-state index in [9.17, 15) is 4.79 Å². The SMILES string of the molecule is COc1ccc(CCNC(=O)c2cnn(-c3ccc(C)cc3)c2C2CCNCC2)c(OC)c1. The van der Waals surface area contributed by atoms with Crippen molar-refractivity contribution in [2.75, 3.05) is 33.9 Å². The Morgan fingerprint density at radius 3 is 2.58 bits per heavy atom. The number of piperidine rings is 1. The summed E-state index contributed by atoms with van der Waals surface area (Å²) in [5.74, 6) is 1.70. The second-order valence-corrected chi connectivity index (χ2v) is 8.40. The largest absolute Gasteiger partial charge is 0.497 e. The highest BCUT2D eigenvalue weighted by Gasteiger charge is 2.27. The monoisotopic (exact) mass is 448 g/mol. The van der Waals surface area contributed by atoms with E-state index >= 15 is 0 Å². The fourth-order valence-corrected chi connectivity index (χ4v) is 4.38. The van der Waals surface area contributed by atoms with Gasteiger partial charge in [0.25, 0.3) is 5.91 Å². The third-order valence-corrected chi connectivity index (χ3v) is 6.23. The molecule has 0 saturated carbocycles. The Morgan fingerprint density at radius 2 is 1.88 bits per heavy atom. The van der Waals surface area contributed by atoms with Crippen molar-refractivity contribution in [3.8, 4) is 17.2 Å². The molecule has 0 atom stereocenters. The lowest BCUT2D eigenvalue weighted by atomic mass is 9.91. The van der Waals surface area contributed by atoms with Crippen LogP contribution in [0.25, 0.3) is 5.69 Å². The number of amides is 1. The first-order valence-electron chi connectivity index (χ1n) is 11.5. The van der Waals surface area contributed by atoms with E-state index in [-0.39, 0.29) is 11.8 Å². The van der Waals surface area contributed by atoms with Crippen molar-refractivity contribution in [1.82, 2.24) is 20.4 Å². The van der Waals surface area contributed by atoms with Gasteiger partial charge in [0.15, 0.2) is 0 Å². The average molecular weight is 449 g/mol. The highest BCUT2D eigenvalue weighted by molar-refractivity contribution is 5.95. The molecule has 33 heavy (non-hydrogen) atoms. The van der Waals surface area contributed by atoms with Crippen LogP contribution < -0.4 is 20.1 Å². The molecule has 0 aliphatic carbocycles. The van der Waals surface area contributed by atoms with Crippen LogP contribution in [0.15, 0.2) is 48.7 Å². The third kappa shape index (κ3) is 5.20. The van der Waals surface area contributed by atoms with Crippen molar-refractivity contribution in [1.29, 1.82) is 0 Å². The molecule has 7 nitrogen and oxygen atoms in total. The van der Waals surface area contributed by atoms with E-state index in [4.69, 9.17) is 9.47 Å². The molecule has 1 aliphatic heterocycles. The number of nitrogens with zero attached hydrogens (tertiary/aromatic N) is 2. The van der Waals surface area contributed by atoms with Gasteiger partial charge in [0, 0.05) is 18.5 Å². The molecule has 1 aromatic heterocycles. The van der Waals surface area contributed by atoms with Gasteiger partial charge in [0.2, 0.25) is 0 Å². The van der Waals surface area contributed by atoms with E-state index in [1.165, 1.54) is 5.56 Å². The van der Waals surface area contributed by atoms with E-state index in [0.717, 1.165) is 54.4 Å². The first-order valence-corrected chi connectivity index (χ1v) is 11.5. The Balaban J connectivity index is 1.53. The van der Waals surface area contributed by atoms with Crippen molar-refractivity contribution >= 4 is 5.91 Å². The second-order valence-electron chi connectivity index (χ2n) is 8.40. The Bertz CT molecular complexity index is 1090. The zero-order chi connectivity index (χ0) is 23.2. The van der Waals surface area contributed by atoms with Crippen LogP contribution in [-0.4, -0.2) is 49.5 Å². The molecule has 0 unspecified atom stereocenters. The molecule has 0 bridgehead atoms. The van der Waals surface area contributed by atoms with Gasteiger partial charge in [0.05, 0.1) is 37.4 Å². The molecule has 0 radical (unpaired) electrons. The number of aryl methyl sites for hydroxylation is 1. The number of hydrogen-bond donors (Lipinski definition) is 2. The first kappa shape index (κ1) is 22.9. The van der Waals surface area contributed by atoms with Crippen LogP contribution in [0.1, 0.15) is 45.9 Å². The molecule has 2 aromatic carbocycles. The molecular weight excluding hydrogens is 416 g/mol. The lowest BCUT2D eigenvalue weighted by molar-refractivity contribution is 0.0952. The molecule has 7 heteroatoms. The lowest BCUT2D eigenvalue weighted by Gasteiger charge is -2.24. The summed E-state index contributed by atoms with van der Waals surface area (Å²) in [5, 5.41) is 11.1. The van der Waals surface area contributed by atoms with Crippen molar-refractivity contribution in [2.24, 2.45) is 0 Å². The molecule has 1 fully saturated rings. The van der Waals surface area contributed by atoms with E-state index in [1.54, 1.807) is 20.4 Å². The highest BCUT2D eigenvalue weighted by Crippen LogP contribution is 2.30. The van der Waals surface area contributed by atoms with Gasteiger partial charge in [-0.3, -0.25) is 4.79 Å². The Labute approximate surface area is 195 Å². The van der Waals surface area contributed by atoms with Crippen molar-refractivity contribution < 1.29 is 14.3 Å². The van der Waals surface area contributed by atoms with E-state index in [1.807, 2.05) is 22.9 Å². The molecule has 174 valence electrons. The molecule has 1 aliphatic rings. The summed E-state index contributed by atoms with van der Waals surface area (Å²) >= 11 is 0. The number of carbonyl (C=O) groups excluding carboxylic acids is 1. The van der Waals surface area contributed by atoms with Crippen molar-refractivity contribution in [3.63, 3.8) is 0 Å². The van der Waals surface area contributed by atoms with Crippen LogP contribution in [0.5, 0.6) is 11.5 Å². The summed E-state index contributed by atoms with van der Waals surface area (Å²) in [6, 6.07) is 14.0. The maximum atomic E-state index is 13.2. The number of ether oxygens (including phenoxy) is 2. The minimum absolute atomic E-state index is 0.0885. The number of rotatable bonds is 8. The lowest BCUT2D eigenvalue weighted by Crippen LogP contribution is -2.31. The zero-order valence-corrected chi connectivity index (χ0v) is 19.6. The van der Waals surface area contributed by atoms with Crippen molar-refractivity contribution in [3.05, 3.63) is 71.0 Å². The van der Waals surface area contributed by atoms with Crippen molar-refractivity contribution in [2.45, 2.75) is 32.1 Å². The normalized spacial score (nSPS) is 14.2. The van der Waals surface area contributed by atoms with Gasteiger partial charge in [-0.1, -0.05) is 23.8 Å². The number of methoxy groups -OCH3 is 2. The molecule has 1 saturated heterocycles. The Hall–Kier alpha value is -3.32. The van der Waals surface area contributed by atoms with Gasteiger partial charge in [-0.05, 0) is 63.0 Å². The number of benzene rings is 2. The number of aromatic nitrogens is 2. The molecule has 2 heterocycles. The number of carbonyl (C=O) groups is 1. The molecule has 2 N–H and O–H groups in total. The van der Waals surface area contributed by atoms with Gasteiger partial charge < -0.3 is 20.1 Å². The highest BCUT2D eigenvalue weighted by atomic mass is 16.5. The van der Waals surface area contributed by atoms with Gasteiger partial charge in [-0.15, -0.1) is 0 Å². The predicted octanol–water partition coefficient (Wildman–Crippen LogP) is 3.64. The summed E-state index contributed by atoms with van der Waals surface area (Å²) < 4.78 is 12.7. The predicted molar refractivity (Wildman–Crippen MR) is 129 cm³/mol. The summed E-state index contributed by atoms with van der Waals surface area (Å²) in [6.45, 7) is 4.46. The van der Waals surface area contributed by atoms with Gasteiger partial charge in [-0.25, -0.2) is 4.68 Å². The van der Waals surface area contributed by atoms with E-state index in [0.29, 0.717) is 18.5 Å². The summed E-state index contributed by atoms with van der Waals surface area (Å²) in [5.41, 5.74) is 4.86. The minimum atomic E-state index is -0.0885. The number of hydrogen-bond acceptors (Lipinski definition) is 5. The first-order chi connectivity index (χ1) is 16.1. The Morgan fingerprint density at radius 1 is 1.12 bits per heavy atom. The summed E-state index contributed by atoms with van der Waals surface area (Å²) in [7, 11) is 3.27. The van der Waals surface area contributed by atoms with Crippen LogP contribution in [0.2, 0.25) is 0 Å². The maximum Gasteiger partial charge on any atom is 0.254 e. The summed E-state index contributed by atoms with van der Waals surface area (Å²) in [4.78, 5) is 13.2. The minimum Gasteiger partial charge on any atom is -0.497 e. The van der Waals surface area contributed by atoms with Crippen LogP contribution in [-0.2, 0) is 6.42 Å². The molecule has 4 rings (SSSR count). The molecule has 1 amide bonds. The van der Waals surface area contributed by atoms with E-state index in [2.05, 4.69) is 46.9 Å². The third-order valence-electron chi connectivity index (χ3n) is 6.23. The van der Waals surface area contributed by atoms with Crippen LogP contribution in [0, 0.1) is 6.92 Å². The summed E-state index contributed by atoms with van der Waals surface area (Å²) in [6.07, 6.45) is 4.34. The maximum absolute atomic E-state index is 13.2. The Kier molecular flexibility index (Phi) is 7.29. The van der Waals surface area contributed by atoms with Crippen LogP contribution >= 0.6 is 0 Å². The fourth-order valence-electron chi connectivity index (χ4n) is 4.38. The standard InChI is InChI=1S/C26H32N4O3/c1-18-4-7-21(8-5-18)30-25(20-10-13-27-14-11-20)23(17-29-30)26(31)28-15-12-19-6-9-22(32-2)16-24(19)33-3/h4-9,16-17,20,27H,10-15H2,1-3H3,(H,28,31). The smallest absolute Gasteiger partial charge is 0.254 e. The van der Waals surface area contributed by atoms with Crippen LogP contribution in [0.4, 0.5) is 0 Å². The number of nitrogens with one attached hydrogen (secondary N) is 2. The van der Waals surface area contributed by atoms with Gasteiger partial charge in [-0.2, -0.15) is 5.10 Å². The molecule has 0 spiro atoms. The van der Waals surface area contributed by atoms with Gasteiger partial charge in [0.1, 0.15) is 11.5 Å². The van der Waals surface area contributed by atoms with Crippen LogP contribution in [0.3, 0.4) is 0 Å². The molecular formula is C26H32N4O3. The quantitative estimate of drug-likeness (QED) is 0.550. The van der Waals surface area contributed by atoms with Gasteiger partial charge >= 0.3 is 0 Å². The zero-order valence-electron chi connectivity index (χ0n) is 19.6. The molecule has 3 aromatic rings.